The van der Waals surface area contributed by atoms with Crippen molar-refractivity contribution in [3.8, 4) is 5.75 Å². The molecule has 0 bridgehead atoms. The Morgan fingerprint density at radius 1 is 1.19 bits per heavy atom. The van der Waals surface area contributed by atoms with Crippen LogP contribution < -0.4 is 5.56 Å². The van der Waals surface area contributed by atoms with Gasteiger partial charge in [-0.1, -0.05) is 38.8 Å². The van der Waals surface area contributed by atoms with Crippen LogP contribution in [0.5, 0.6) is 5.75 Å². The van der Waals surface area contributed by atoms with Gasteiger partial charge in [-0.15, -0.1) is 0 Å². The Morgan fingerprint density at radius 2 is 1.93 bits per heavy atom. The van der Waals surface area contributed by atoms with Gasteiger partial charge in [-0.2, -0.15) is 9.78 Å². The zero-order chi connectivity index (χ0) is 19.7. The first kappa shape index (κ1) is 20.7. The maximum atomic E-state index is 13.0. The second kappa shape index (κ2) is 8.55. The van der Waals surface area contributed by atoms with Crippen LogP contribution in [0.2, 0.25) is 0 Å². The van der Waals surface area contributed by atoms with Crippen LogP contribution in [0.1, 0.15) is 24.7 Å². The zero-order valence-electron chi connectivity index (χ0n) is 14.0. The SMILES string of the molecule is CCCc1nc2ccc(Br)cc2c(=O)n1N=Cc1c(Br)cc(Br)c(O)c1Br. The van der Waals surface area contributed by atoms with Crippen LogP contribution in [0.25, 0.3) is 10.9 Å². The Kier molecular flexibility index (Phi) is 6.55. The van der Waals surface area contributed by atoms with E-state index in [0.717, 1.165) is 10.9 Å². The van der Waals surface area contributed by atoms with Crippen LogP contribution in [0.3, 0.4) is 0 Å². The number of nitrogens with zero attached hydrogens (tertiary/aromatic N) is 3. The number of aromatic nitrogens is 2. The van der Waals surface area contributed by atoms with Crippen LogP contribution in [0.4, 0.5) is 0 Å². The van der Waals surface area contributed by atoms with E-state index in [1.165, 1.54) is 10.9 Å². The van der Waals surface area contributed by atoms with Crippen molar-refractivity contribution in [2.75, 3.05) is 0 Å². The van der Waals surface area contributed by atoms with Gasteiger partial charge in [-0.3, -0.25) is 4.79 Å². The molecule has 0 aliphatic rings. The maximum Gasteiger partial charge on any atom is 0.282 e. The minimum atomic E-state index is -0.241. The molecule has 0 fully saturated rings. The first-order chi connectivity index (χ1) is 12.8. The van der Waals surface area contributed by atoms with Crippen molar-refractivity contribution in [1.82, 2.24) is 9.66 Å². The summed E-state index contributed by atoms with van der Waals surface area (Å²) >= 11 is 13.5. The largest absolute Gasteiger partial charge is 0.506 e. The highest BCUT2D eigenvalue weighted by Crippen LogP contribution is 2.38. The standard InChI is InChI=1S/C18H13Br4N3O2/c1-2-3-15-24-14-5-4-9(19)6-10(14)18(27)25(15)23-8-11-12(20)7-13(21)17(26)16(11)22/h4-8,26H,2-3H2,1H3. The van der Waals surface area contributed by atoms with E-state index in [2.05, 4.69) is 73.8 Å². The molecular weight excluding hydrogens is 610 g/mol. The van der Waals surface area contributed by atoms with Crippen molar-refractivity contribution in [2.24, 2.45) is 5.10 Å². The first-order valence-corrected chi connectivity index (χ1v) is 11.1. The van der Waals surface area contributed by atoms with Crippen molar-refractivity contribution in [2.45, 2.75) is 19.8 Å². The van der Waals surface area contributed by atoms with Crippen LogP contribution in [-0.2, 0) is 6.42 Å². The molecule has 0 radical (unpaired) electrons. The Labute approximate surface area is 189 Å². The summed E-state index contributed by atoms with van der Waals surface area (Å²) in [7, 11) is 0. The molecule has 140 valence electrons. The molecule has 3 rings (SSSR count). The minimum Gasteiger partial charge on any atom is -0.506 e. The van der Waals surface area contributed by atoms with Gasteiger partial charge in [0, 0.05) is 20.9 Å². The normalized spacial score (nSPS) is 11.6. The van der Waals surface area contributed by atoms with Crippen molar-refractivity contribution >= 4 is 80.8 Å². The second-order valence-corrected chi connectivity index (χ2v) is 9.13. The number of halogens is 4. The number of hydrogen-bond acceptors (Lipinski definition) is 4. The first-order valence-electron chi connectivity index (χ1n) is 7.95. The molecule has 1 heterocycles. The summed E-state index contributed by atoms with van der Waals surface area (Å²) in [5, 5.41) is 15.0. The lowest BCUT2D eigenvalue weighted by Gasteiger charge is -2.10. The van der Waals surface area contributed by atoms with E-state index in [1.54, 1.807) is 12.1 Å². The number of hydrogen-bond donors (Lipinski definition) is 1. The van der Waals surface area contributed by atoms with Gasteiger partial charge in [0.05, 0.1) is 26.1 Å². The topological polar surface area (TPSA) is 67.5 Å². The molecule has 1 N–H and O–H groups in total. The van der Waals surface area contributed by atoms with E-state index in [9.17, 15) is 9.90 Å². The van der Waals surface area contributed by atoms with Crippen molar-refractivity contribution in [3.63, 3.8) is 0 Å². The van der Waals surface area contributed by atoms with Crippen molar-refractivity contribution in [1.29, 1.82) is 0 Å². The van der Waals surface area contributed by atoms with Crippen LogP contribution in [0, 0.1) is 0 Å². The molecule has 0 amide bonds. The summed E-state index contributed by atoms with van der Waals surface area (Å²) in [5.74, 6) is 0.642. The van der Waals surface area contributed by atoms with E-state index >= 15 is 0 Å². The fraction of sp³-hybridized carbons (Fsp3) is 0.167. The van der Waals surface area contributed by atoms with Gasteiger partial charge in [0.2, 0.25) is 0 Å². The van der Waals surface area contributed by atoms with Gasteiger partial charge in [0.15, 0.2) is 0 Å². The van der Waals surface area contributed by atoms with E-state index in [1.807, 2.05) is 19.1 Å². The molecular formula is C18H13Br4N3O2. The lowest BCUT2D eigenvalue weighted by Crippen LogP contribution is -2.22. The molecule has 27 heavy (non-hydrogen) atoms. The van der Waals surface area contributed by atoms with E-state index < -0.39 is 0 Å². The molecule has 0 atom stereocenters. The predicted molar refractivity (Wildman–Crippen MR) is 122 cm³/mol. The Morgan fingerprint density at radius 3 is 2.63 bits per heavy atom. The lowest BCUT2D eigenvalue weighted by atomic mass is 10.2. The fourth-order valence-corrected chi connectivity index (χ4v) is 5.21. The smallest absolute Gasteiger partial charge is 0.282 e. The Bertz CT molecular complexity index is 1130. The van der Waals surface area contributed by atoms with Gasteiger partial charge in [0.1, 0.15) is 11.6 Å². The molecule has 3 aromatic rings. The lowest BCUT2D eigenvalue weighted by molar-refractivity contribution is 0.468. The van der Waals surface area contributed by atoms with E-state index in [-0.39, 0.29) is 11.3 Å². The highest BCUT2D eigenvalue weighted by Gasteiger charge is 2.14. The molecule has 5 nitrogen and oxygen atoms in total. The molecule has 1 aromatic heterocycles. The number of aryl methyl sites for hydroxylation is 1. The number of fused-ring (bicyclic) bond motifs is 1. The number of rotatable bonds is 4. The Hall–Kier alpha value is -1.03. The average Bonchev–Trinajstić information content (AvgIpc) is 2.63. The van der Waals surface area contributed by atoms with Gasteiger partial charge in [0.25, 0.3) is 5.56 Å². The minimum absolute atomic E-state index is 0.0568. The molecule has 0 aliphatic carbocycles. The highest BCUT2D eigenvalue weighted by atomic mass is 79.9. The molecule has 9 heteroatoms. The Balaban J connectivity index is 2.21. The summed E-state index contributed by atoms with van der Waals surface area (Å²) in [4.78, 5) is 17.6. The zero-order valence-corrected chi connectivity index (χ0v) is 20.4. The third-order valence-corrected chi connectivity index (χ3v) is 6.39. The summed E-state index contributed by atoms with van der Waals surface area (Å²) in [6.07, 6.45) is 2.97. The quantitative estimate of drug-likeness (QED) is 0.364. The summed E-state index contributed by atoms with van der Waals surface area (Å²) < 4.78 is 3.84. The van der Waals surface area contributed by atoms with Crippen LogP contribution in [0.15, 0.2) is 52.1 Å². The van der Waals surface area contributed by atoms with Gasteiger partial charge >= 0.3 is 0 Å². The molecule has 2 aromatic carbocycles. The van der Waals surface area contributed by atoms with E-state index in [0.29, 0.717) is 42.1 Å². The third kappa shape index (κ3) is 4.21. The third-order valence-electron chi connectivity index (χ3n) is 3.83. The highest BCUT2D eigenvalue weighted by molar-refractivity contribution is 9.11. The van der Waals surface area contributed by atoms with Crippen molar-refractivity contribution in [3.05, 3.63) is 63.9 Å². The van der Waals surface area contributed by atoms with Crippen LogP contribution in [-0.4, -0.2) is 21.0 Å². The molecule has 0 saturated heterocycles. The monoisotopic (exact) mass is 619 g/mol. The predicted octanol–water partition coefficient (Wildman–Crippen LogP) is 5.99. The van der Waals surface area contributed by atoms with E-state index in [4.69, 9.17) is 0 Å². The average molecular weight is 623 g/mol. The molecule has 0 aliphatic heterocycles. The number of phenolic OH excluding ortho intramolecular Hbond substituents is 1. The molecule has 0 saturated carbocycles. The summed E-state index contributed by atoms with van der Waals surface area (Å²) in [6, 6.07) is 7.13. The van der Waals surface area contributed by atoms with Crippen LogP contribution >= 0.6 is 63.7 Å². The maximum absolute atomic E-state index is 13.0. The summed E-state index contributed by atoms with van der Waals surface area (Å²) in [6.45, 7) is 2.02. The summed E-state index contributed by atoms with van der Waals surface area (Å²) in [5.41, 5.74) is 1.01. The second-order valence-electron chi connectivity index (χ2n) is 5.72. The number of aromatic hydroxyl groups is 1. The fourth-order valence-electron chi connectivity index (χ4n) is 2.53. The van der Waals surface area contributed by atoms with Gasteiger partial charge in [-0.05, 0) is 62.5 Å². The van der Waals surface area contributed by atoms with Gasteiger partial charge in [-0.25, -0.2) is 4.98 Å². The number of benzene rings is 2. The molecule has 0 unspecified atom stereocenters. The van der Waals surface area contributed by atoms with Crippen molar-refractivity contribution < 1.29 is 5.11 Å². The number of phenols is 1. The van der Waals surface area contributed by atoms with Gasteiger partial charge < -0.3 is 5.11 Å². The molecule has 0 spiro atoms.